The van der Waals surface area contributed by atoms with Gasteiger partial charge in [-0.05, 0) is 18.2 Å². The highest BCUT2D eigenvalue weighted by atomic mass is 16.5. The van der Waals surface area contributed by atoms with Gasteiger partial charge in [0.05, 0.1) is 32.3 Å². The first-order valence-corrected chi connectivity index (χ1v) is 7.28. The molecule has 2 aromatic carbocycles. The molecule has 1 aromatic heterocycles. The molecule has 0 saturated carbocycles. The smallest absolute Gasteiger partial charge is 0.201 e. The van der Waals surface area contributed by atoms with E-state index in [1.807, 2.05) is 0 Å². The molecule has 1 heterocycles. The molecule has 0 aliphatic rings. The van der Waals surface area contributed by atoms with Crippen molar-refractivity contribution >= 4 is 11.0 Å². The van der Waals surface area contributed by atoms with E-state index in [-0.39, 0.29) is 27.7 Å². The van der Waals surface area contributed by atoms with Crippen molar-refractivity contribution < 1.29 is 28.8 Å². The van der Waals surface area contributed by atoms with Crippen LogP contribution in [0.25, 0.3) is 22.1 Å². The van der Waals surface area contributed by atoms with Gasteiger partial charge >= 0.3 is 0 Å². The quantitative estimate of drug-likeness (QED) is 0.702. The van der Waals surface area contributed by atoms with Crippen LogP contribution in [0.3, 0.4) is 0 Å². The average molecular weight is 344 g/mol. The summed E-state index contributed by atoms with van der Waals surface area (Å²) in [5, 5.41) is 19.5. The second-order valence-electron chi connectivity index (χ2n) is 5.20. The Hall–Kier alpha value is -3.35. The number of hydrogen-bond donors (Lipinski definition) is 2. The molecule has 130 valence electrons. The first-order chi connectivity index (χ1) is 12.0. The van der Waals surface area contributed by atoms with Crippen molar-refractivity contribution in [3.05, 3.63) is 40.8 Å². The molecule has 0 radical (unpaired) electrons. The van der Waals surface area contributed by atoms with Crippen LogP contribution in [0.1, 0.15) is 0 Å². The molecule has 0 aliphatic heterocycles. The van der Waals surface area contributed by atoms with Gasteiger partial charge in [0.25, 0.3) is 0 Å². The normalized spacial score (nSPS) is 10.7. The standard InChI is InChI=1S/C18H16O7/c1-22-13-7-15(24-3)14(23-2)6-10(13)11-8-25-18-9(16(11)20)4-5-12(19)17(18)21/h4-8,19,21H,1-3H3. The number of aromatic hydroxyl groups is 2. The SMILES string of the molecule is COc1cc(OC)c(-c2coc3c(O)c(O)ccc3c2=O)cc1OC. The van der Waals surface area contributed by atoms with Gasteiger partial charge in [0.1, 0.15) is 12.0 Å². The number of benzene rings is 2. The molecule has 0 spiro atoms. The lowest BCUT2D eigenvalue weighted by Gasteiger charge is -2.14. The zero-order chi connectivity index (χ0) is 18.1. The summed E-state index contributed by atoms with van der Waals surface area (Å²) in [4.78, 5) is 12.8. The first-order valence-electron chi connectivity index (χ1n) is 7.28. The minimum Gasteiger partial charge on any atom is -0.504 e. The summed E-state index contributed by atoms with van der Waals surface area (Å²) in [6, 6.07) is 5.82. The fraction of sp³-hybridized carbons (Fsp3) is 0.167. The molecule has 2 N–H and O–H groups in total. The topological polar surface area (TPSA) is 98.4 Å². The number of hydrogen-bond acceptors (Lipinski definition) is 7. The Kier molecular flexibility index (Phi) is 4.14. The Morgan fingerprint density at radius 2 is 1.52 bits per heavy atom. The van der Waals surface area contributed by atoms with Gasteiger partial charge < -0.3 is 28.8 Å². The van der Waals surface area contributed by atoms with E-state index in [4.69, 9.17) is 18.6 Å². The summed E-state index contributed by atoms with van der Waals surface area (Å²) in [7, 11) is 4.45. The van der Waals surface area contributed by atoms with Gasteiger partial charge in [0.2, 0.25) is 11.2 Å². The average Bonchev–Trinajstić information content (AvgIpc) is 2.64. The Balaban J connectivity index is 2.32. The predicted molar refractivity (Wildman–Crippen MR) is 90.9 cm³/mol. The van der Waals surface area contributed by atoms with E-state index >= 15 is 0 Å². The third kappa shape index (κ3) is 2.59. The maximum Gasteiger partial charge on any atom is 0.201 e. The Morgan fingerprint density at radius 3 is 2.16 bits per heavy atom. The number of phenols is 2. The number of phenolic OH excluding ortho intramolecular Hbond substituents is 2. The number of fused-ring (bicyclic) bond motifs is 1. The zero-order valence-electron chi connectivity index (χ0n) is 13.8. The van der Waals surface area contributed by atoms with E-state index in [0.717, 1.165) is 0 Å². The van der Waals surface area contributed by atoms with Gasteiger partial charge in [0, 0.05) is 11.6 Å². The fourth-order valence-corrected chi connectivity index (χ4v) is 2.60. The largest absolute Gasteiger partial charge is 0.504 e. The van der Waals surface area contributed by atoms with E-state index in [0.29, 0.717) is 22.8 Å². The molecule has 0 saturated heterocycles. The van der Waals surface area contributed by atoms with Gasteiger partial charge in [-0.25, -0.2) is 0 Å². The van der Waals surface area contributed by atoms with Crippen molar-refractivity contribution in [2.45, 2.75) is 0 Å². The summed E-state index contributed by atoms with van der Waals surface area (Å²) in [6.07, 6.45) is 1.20. The number of rotatable bonds is 4. The van der Waals surface area contributed by atoms with Crippen LogP contribution in [-0.2, 0) is 0 Å². The van der Waals surface area contributed by atoms with Gasteiger partial charge in [-0.2, -0.15) is 0 Å². The first kappa shape index (κ1) is 16.5. The summed E-state index contributed by atoms with van der Waals surface area (Å²) in [5.41, 5.74) is 0.189. The second-order valence-corrected chi connectivity index (χ2v) is 5.20. The highest BCUT2D eigenvalue weighted by Crippen LogP contribution is 2.40. The second kappa shape index (κ2) is 6.27. The lowest BCUT2D eigenvalue weighted by Crippen LogP contribution is -2.06. The Labute approximate surface area is 142 Å². The molecule has 25 heavy (non-hydrogen) atoms. The van der Waals surface area contributed by atoms with E-state index < -0.39 is 5.75 Å². The summed E-state index contributed by atoms with van der Waals surface area (Å²) >= 11 is 0. The van der Waals surface area contributed by atoms with E-state index in [2.05, 4.69) is 0 Å². The van der Waals surface area contributed by atoms with Gasteiger partial charge in [-0.15, -0.1) is 0 Å². The fourth-order valence-electron chi connectivity index (χ4n) is 2.60. The molecule has 7 heteroatoms. The van der Waals surface area contributed by atoms with Crippen LogP contribution >= 0.6 is 0 Å². The number of ether oxygens (including phenoxy) is 3. The Morgan fingerprint density at radius 1 is 0.880 bits per heavy atom. The molecule has 0 amide bonds. The highest BCUT2D eigenvalue weighted by molar-refractivity contribution is 5.88. The lowest BCUT2D eigenvalue weighted by atomic mass is 10.0. The summed E-state index contributed by atoms with van der Waals surface area (Å²) in [5.74, 6) is 0.419. The van der Waals surface area contributed by atoms with Gasteiger partial charge in [-0.3, -0.25) is 4.79 Å². The van der Waals surface area contributed by atoms with Crippen molar-refractivity contribution in [3.8, 4) is 39.9 Å². The van der Waals surface area contributed by atoms with Crippen molar-refractivity contribution in [1.82, 2.24) is 0 Å². The predicted octanol–water partition coefficient (Wildman–Crippen LogP) is 2.90. The highest BCUT2D eigenvalue weighted by Gasteiger charge is 2.19. The minimum atomic E-state index is -0.486. The molecular formula is C18H16O7. The van der Waals surface area contributed by atoms with Crippen LogP contribution in [0.2, 0.25) is 0 Å². The monoisotopic (exact) mass is 344 g/mol. The maximum atomic E-state index is 12.8. The molecule has 0 aliphatic carbocycles. The molecule has 0 atom stereocenters. The van der Waals surface area contributed by atoms with Crippen LogP contribution in [0.4, 0.5) is 0 Å². The molecule has 0 fully saturated rings. The third-order valence-electron chi connectivity index (χ3n) is 3.89. The van der Waals surface area contributed by atoms with Crippen molar-refractivity contribution in [1.29, 1.82) is 0 Å². The van der Waals surface area contributed by atoms with Crippen LogP contribution in [0.5, 0.6) is 28.7 Å². The van der Waals surface area contributed by atoms with Gasteiger partial charge in [-0.1, -0.05) is 0 Å². The maximum absolute atomic E-state index is 12.8. The third-order valence-corrected chi connectivity index (χ3v) is 3.89. The molecule has 3 aromatic rings. The molecule has 3 rings (SSSR count). The van der Waals surface area contributed by atoms with E-state index in [9.17, 15) is 15.0 Å². The lowest BCUT2D eigenvalue weighted by molar-refractivity contribution is 0.349. The van der Waals surface area contributed by atoms with Crippen LogP contribution in [0, 0.1) is 0 Å². The van der Waals surface area contributed by atoms with Crippen LogP contribution in [-0.4, -0.2) is 31.5 Å². The minimum absolute atomic E-state index is 0.0896. The Bertz CT molecular complexity index is 1000. The van der Waals surface area contributed by atoms with E-state index in [1.165, 1.54) is 39.7 Å². The zero-order valence-corrected chi connectivity index (χ0v) is 13.8. The molecule has 0 bridgehead atoms. The van der Waals surface area contributed by atoms with Crippen LogP contribution in [0.15, 0.2) is 39.7 Å². The summed E-state index contributed by atoms with van der Waals surface area (Å²) < 4.78 is 21.2. The summed E-state index contributed by atoms with van der Waals surface area (Å²) in [6.45, 7) is 0. The molecule has 0 unspecified atom stereocenters. The molecule has 7 nitrogen and oxygen atoms in total. The van der Waals surface area contributed by atoms with Crippen molar-refractivity contribution in [2.24, 2.45) is 0 Å². The van der Waals surface area contributed by atoms with Crippen molar-refractivity contribution in [2.75, 3.05) is 21.3 Å². The van der Waals surface area contributed by atoms with Gasteiger partial charge in [0.15, 0.2) is 22.8 Å². The van der Waals surface area contributed by atoms with Crippen LogP contribution < -0.4 is 19.6 Å². The van der Waals surface area contributed by atoms with E-state index in [1.54, 1.807) is 12.1 Å². The molecular weight excluding hydrogens is 328 g/mol. The van der Waals surface area contributed by atoms with Crippen molar-refractivity contribution in [3.63, 3.8) is 0 Å². The number of methoxy groups -OCH3 is 3.